The fraction of sp³-hybridized carbons (Fsp3) is 0.357. The number of hydrogen-bond acceptors (Lipinski definition) is 6. The van der Waals surface area contributed by atoms with Crippen molar-refractivity contribution >= 4 is 11.8 Å². The number of carbonyl (C=O) groups excluding carboxylic acids is 2. The highest BCUT2D eigenvalue weighted by Gasteiger charge is 2.43. The second-order valence-corrected chi connectivity index (χ2v) is 8.96. The number of Topliss-reactive ketones (excluding diaryl/α,β-unsaturated/α-hetero) is 1. The standard InChI is InChI=1S/C28H31NO5/c1-16(2)34-28(31)24-17(3)29-21-14-19(18-10-7-6-8-11-18)15-22(30)26(21)25(24)20-12-9-13-23(32-4)27(20)33-5/h6-13,16,19,25,29H,14-15H2,1-5H3/t19-,25+/m1/s1. The minimum Gasteiger partial charge on any atom is -0.493 e. The number of dihydropyridines is 1. The molecule has 0 unspecified atom stereocenters. The summed E-state index contributed by atoms with van der Waals surface area (Å²) < 4.78 is 16.8. The van der Waals surface area contributed by atoms with Crippen molar-refractivity contribution in [3.63, 3.8) is 0 Å². The van der Waals surface area contributed by atoms with Crippen LogP contribution in [0.5, 0.6) is 11.5 Å². The number of hydrogen-bond donors (Lipinski definition) is 1. The first-order valence-corrected chi connectivity index (χ1v) is 11.6. The average Bonchev–Trinajstić information content (AvgIpc) is 2.82. The first-order valence-electron chi connectivity index (χ1n) is 11.6. The summed E-state index contributed by atoms with van der Waals surface area (Å²) in [4.78, 5) is 27.0. The summed E-state index contributed by atoms with van der Waals surface area (Å²) in [6.07, 6.45) is 0.761. The summed E-state index contributed by atoms with van der Waals surface area (Å²) in [5.41, 5.74) is 4.38. The van der Waals surface area contributed by atoms with Crippen LogP contribution in [0.2, 0.25) is 0 Å². The molecule has 2 aromatic rings. The first-order chi connectivity index (χ1) is 16.3. The van der Waals surface area contributed by atoms with Gasteiger partial charge in [-0.15, -0.1) is 0 Å². The predicted molar refractivity (Wildman–Crippen MR) is 130 cm³/mol. The van der Waals surface area contributed by atoms with Gasteiger partial charge in [0.05, 0.1) is 31.8 Å². The fourth-order valence-corrected chi connectivity index (χ4v) is 5.00. The maximum absolute atomic E-state index is 13.7. The summed E-state index contributed by atoms with van der Waals surface area (Å²) in [5.74, 6) is 0.0745. The Hall–Kier alpha value is -3.54. The Morgan fingerprint density at radius 1 is 1.00 bits per heavy atom. The Morgan fingerprint density at radius 3 is 2.38 bits per heavy atom. The van der Waals surface area contributed by atoms with E-state index < -0.39 is 11.9 Å². The van der Waals surface area contributed by atoms with E-state index in [0.29, 0.717) is 46.7 Å². The van der Waals surface area contributed by atoms with Crippen molar-refractivity contribution in [2.75, 3.05) is 14.2 Å². The van der Waals surface area contributed by atoms with Crippen LogP contribution < -0.4 is 14.8 Å². The monoisotopic (exact) mass is 461 g/mol. The van der Waals surface area contributed by atoms with Gasteiger partial charge in [0.1, 0.15) is 0 Å². The lowest BCUT2D eigenvalue weighted by Crippen LogP contribution is -2.36. The van der Waals surface area contributed by atoms with E-state index in [-0.39, 0.29) is 17.8 Å². The predicted octanol–water partition coefficient (Wildman–Crippen LogP) is 5.02. The molecule has 0 radical (unpaired) electrons. The molecule has 2 aromatic carbocycles. The van der Waals surface area contributed by atoms with E-state index in [9.17, 15) is 9.59 Å². The van der Waals surface area contributed by atoms with Crippen molar-refractivity contribution in [3.8, 4) is 11.5 Å². The molecule has 34 heavy (non-hydrogen) atoms. The Bertz CT molecular complexity index is 1160. The third-order valence-electron chi connectivity index (χ3n) is 6.41. The van der Waals surface area contributed by atoms with Crippen molar-refractivity contribution in [1.82, 2.24) is 5.32 Å². The van der Waals surface area contributed by atoms with Gasteiger partial charge < -0.3 is 19.5 Å². The van der Waals surface area contributed by atoms with Gasteiger partial charge in [-0.1, -0.05) is 42.5 Å². The number of allylic oxidation sites excluding steroid dienone is 3. The second-order valence-electron chi connectivity index (χ2n) is 8.96. The quantitative estimate of drug-likeness (QED) is 0.609. The Balaban J connectivity index is 1.88. The van der Waals surface area contributed by atoms with Crippen LogP contribution in [0.25, 0.3) is 0 Å². The van der Waals surface area contributed by atoms with E-state index in [1.807, 2.05) is 51.1 Å². The number of rotatable bonds is 6. The number of para-hydroxylation sites is 1. The van der Waals surface area contributed by atoms with Gasteiger partial charge in [0, 0.05) is 29.0 Å². The molecule has 0 amide bonds. The number of benzene rings is 2. The van der Waals surface area contributed by atoms with Crippen LogP contribution in [-0.2, 0) is 14.3 Å². The lowest BCUT2D eigenvalue weighted by molar-refractivity contribution is -0.143. The zero-order chi connectivity index (χ0) is 24.4. The third kappa shape index (κ3) is 4.32. The van der Waals surface area contributed by atoms with E-state index in [2.05, 4.69) is 17.4 Å². The minimum atomic E-state index is -0.614. The summed E-state index contributed by atoms with van der Waals surface area (Å²) >= 11 is 0. The van der Waals surface area contributed by atoms with Crippen LogP contribution in [0.1, 0.15) is 56.6 Å². The van der Waals surface area contributed by atoms with Gasteiger partial charge in [-0.3, -0.25) is 4.79 Å². The second kappa shape index (κ2) is 9.75. The Morgan fingerprint density at radius 2 is 1.74 bits per heavy atom. The van der Waals surface area contributed by atoms with E-state index >= 15 is 0 Å². The summed E-state index contributed by atoms with van der Waals surface area (Å²) in [5, 5.41) is 3.38. The molecule has 1 heterocycles. The molecule has 178 valence electrons. The van der Waals surface area contributed by atoms with Crippen LogP contribution in [0.15, 0.2) is 71.1 Å². The van der Waals surface area contributed by atoms with Crippen molar-refractivity contribution in [2.45, 2.75) is 51.6 Å². The molecule has 0 fully saturated rings. The number of ketones is 1. The Labute approximate surface area is 200 Å². The molecule has 6 nitrogen and oxygen atoms in total. The fourth-order valence-electron chi connectivity index (χ4n) is 5.00. The largest absolute Gasteiger partial charge is 0.493 e. The number of nitrogens with one attached hydrogen (secondary N) is 1. The molecule has 4 rings (SSSR count). The molecule has 0 aromatic heterocycles. The van der Waals surface area contributed by atoms with Crippen molar-refractivity contribution in [3.05, 3.63) is 82.2 Å². The van der Waals surface area contributed by atoms with Crippen molar-refractivity contribution in [1.29, 1.82) is 0 Å². The topological polar surface area (TPSA) is 73.9 Å². The van der Waals surface area contributed by atoms with E-state index in [4.69, 9.17) is 14.2 Å². The molecule has 1 aliphatic heterocycles. The van der Waals surface area contributed by atoms with Crippen LogP contribution in [0.3, 0.4) is 0 Å². The highest BCUT2D eigenvalue weighted by atomic mass is 16.5. The van der Waals surface area contributed by atoms with E-state index in [1.165, 1.54) is 0 Å². The number of ether oxygens (including phenoxy) is 3. The maximum Gasteiger partial charge on any atom is 0.337 e. The number of carbonyl (C=O) groups is 2. The first kappa shape index (κ1) is 23.6. The normalized spacial score (nSPS) is 20.1. The molecule has 0 saturated carbocycles. The molecular formula is C28H31NO5. The molecule has 2 aliphatic rings. The molecule has 0 spiro atoms. The highest BCUT2D eigenvalue weighted by Crippen LogP contribution is 2.49. The smallest absolute Gasteiger partial charge is 0.337 e. The zero-order valence-corrected chi connectivity index (χ0v) is 20.3. The lowest BCUT2D eigenvalue weighted by Gasteiger charge is -2.37. The van der Waals surface area contributed by atoms with E-state index in [1.54, 1.807) is 20.3 Å². The van der Waals surface area contributed by atoms with Gasteiger partial charge in [0.25, 0.3) is 0 Å². The number of esters is 1. The SMILES string of the molecule is COc1cccc([C@H]2C(C(=O)OC(C)C)=C(C)NC3=C2C(=O)C[C@H](c2ccccc2)C3)c1OC. The van der Waals surface area contributed by atoms with Gasteiger partial charge in [-0.05, 0) is 44.7 Å². The minimum absolute atomic E-state index is 0.0137. The van der Waals surface area contributed by atoms with Crippen molar-refractivity contribution in [2.24, 2.45) is 0 Å². The van der Waals surface area contributed by atoms with Crippen LogP contribution in [0, 0.1) is 0 Å². The molecule has 0 bridgehead atoms. The average molecular weight is 462 g/mol. The van der Waals surface area contributed by atoms with E-state index in [0.717, 1.165) is 11.3 Å². The maximum atomic E-state index is 13.7. The molecule has 1 N–H and O–H groups in total. The molecule has 1 aliphatic carbocycles. The van der Waals surface area contributed by atoms with Crippen LogP contribution in [-0.4, -0.2) is 32.1 Å². The van der Waals surface area contributed by atoms with Crippen LogP contribution in [0.4, 0.5) is 0 Å². The summed E-state index contributed by atoms with van der Waals surface area (Å²) in [7, 11) is 3.13. The lowest BCUT2D eigenvalue weighted by atomic mass is 9.71. The molecule has 6 heteroatoms. The molecular weight excluding hydrogens is 430 g/mol. The van der Waals surface area contributed by atoms with Gasteiger partial charge in [-0.2, -0.15) is 0 Å². The van der Waals surface area contributed by atoms with Crippen LogP contribution >= 0.6 is 0 Å². The Kier molecular flexibility index (Phi) is 6.77. The molecule has 2 atom stereocenters. The summed E-state index contributed by atoms with van der Waals surface area (Å²) in [6, 6.07) is 15.6. The molecule has 0 saturated heterocycles. The zero-order valence-electron chi connectivity index (χ0n) is 20.3. The van der Waals surface area contributed by atoms with Gasteiger partial charge in [0.2, 0.25) is 0 Å². The van der Waals surface area contributed by atoms with Gasteiger partial charge in [-0.25, -0.2) is 4.79 Å². The summed E-state index contributed by atoms with van der Waals surface area (Å²) in [6.45, 7) is 5.48. The third-order valence-corrected chi connectivity index (χ3v) is 6.41. The highest BCUT2D eigenvalue weighted by molar-refractivity contribution is 6.04. The van der Waals surface area contributed by atoms with Gasteiger partial charge >= 0.3 is 5.97 Å². The van der Waals surface area contributed by atoms with Crippen molar-refractivity contribution < 1.29 is 23.8 Å². The van der Waals surface area contributed by atoms with Gasteiger partial charge in [0.15, 0.2) is 17.3 Å². The number of methoxy groups -OCH3 is 2.